The van der Waals surface area contributed by atoms with E-state index in [-0.39, 0.29) is 21.2 Å². The molecule has 0 spiro atoms. The predicted molar refractivity (Wildman–Crippen MR) is 83.2 cm³/mol. The van der Waals surface area contributed by atoms with E-state index < -0.39 is 21.7 Å². The number of fused-ring (bicyclic) bond motifs is 2. The number of hydrogen-bond donors (Lipinski definition) is 0. The lowest BCUT2D eigenvalue weighted by molar-refractivity contribution is 1.03. The normalized spacial score (nSPS) is 13.6. The molecule has 1 aromatic carbocycles. The van der Waals surface area contributed by atoms with E-state index in [9.17, 15) is 19.2 Å². The van der Waals surface area contributed by atoms with Crippen molar-refractivity contribution in [2.75, 3.05) is 0 Å². The fourth-order valence-electron chi connectivity index (χ4n) is 3.22. The van der Waals surface area contributed by atoms with Crippen molar-refractivity contribution in [1.82, 2.24) is 0 Å². The Morgan fingerprint density at radius 1 is 0.591 bits per heavy atom. The van der Waals surface area contributed by atoms with Crippen LogP contribution in [0, 0.1) is 10.4 Å². The largest absolute Gasteiger partial charge is 0.289 e. The molecule has 0 radical (unpaired) electrons. The van der Waals surface area contributed by atoms with Crippen molar-refractivity contribution >= 4 is 10.8 Å². The van der Waals surface area contributed by atoms with E-state index in [1.54, 1.807) is 24.3 Å². The highest BCUT2D eigenvalue weighted by molar-refractivity contribution is 5.82. The summed E-state index contributed by atoms with van der Waals surface area (Å²) in [4.78, 5) is 50.5. The summed E-state index contributed by atoms with van der Waals surface area (Å²) in [5, 5.41) is -0.101. The van der Waals surface area contributed by atoms with Crippen LogP contribution in [0.2, 0.25) is 0 Å². The third-order valence-corrected chi connectivity index (χ3v) is 4.30. The van der Waals surface area contributed by atoms with Crippen LogP contribution >= 0.6 is 0 Å². The molecule has 0 unspecified atom stereocenters. The lowest BCUT2D eigenvalue weighted by atomic mass is 9.92. The molecule has 4 heteroatoms. The van der Waals surface area contributed by atoms with Gasteiger partial charge in [-0.05, 0) is 12.8 Å². The molecule has 0 aromatic heterocycles. The van der Waals surface area contributed by atoms with E-state index in [4.69, 9.17) is 0 Å². The molecule has 3 aliphatic carbocycles. The Morgan fingerprint density at radius 3 is 1.41 bits per heavy atom. The van der Waals surface area contributed by atoms with Crippen molar-refractivity contribution in [2.24, 2.45) is 0 Å². The maximum Gasteiger partial charge on any atom is 0.198 e. The van der Waals surface area contributed by atoms with Crippen LogP contribution in [-0.2, 0) is 12.8 Å². The summed E-state index contributed by atoms with van der Waals surface area (Å²) in [7, 11) is 0. The average Bonchev–Trinajstić information content (AvgIpc) is 2.56. The third kappa shape index (κ3) is 1.46. The lowest BCUT2D eigenvalue weighted by Gasteiger charge is -2.09. The third-order valence-electron chi connectivity index (χ3n) is 4.30. The van der Waals surface area contributed by atoms with E-state index in [1.807, 2.05) is 0 Å². The van der Waals surface area contributed by atoms with Gasteiger partial charge in [0, 0.05) is 21.9 Å². The monoisotopic (exact) mass is 290 g/mol. The van der Waals surface area contributed by atoms with E-state index >= 15 is 0 Å². The molecule has 3 aliphatic rings. The van der Waals surface area contributed by atoms with Crippen LogP contribution in [0.15, 0.2) is 55.6 Å². The molecular formula is C18H10O4. The van der Waals surface area contributed by atoms with E-state index in [1.165, 1.54) is 12.1 Å². The SMILES string of the molecule is O=c1c2c(c(=O)c3c(=O)c4ccccc4c(=O)c1=3)CC=CC2. The summed E-state index contributed by atoms with van der Waals surface area (Å²) in [5.41, 5.74) is -1.28. The molecule has 0 aliphatic heterocycles. The zero-order valence-electron chi connectivity index (χ0n) is 11.5. The van der Waals surface area contributed by atoms with Gasteiger partial charge in [0.25, 0.3) is 0 Å². The van der Waals surface area contributed by atoms with Gasteiger partial charge in [0.05, 0.1) is 10.4 Å². The van der Waals surface area contributed by atoms with Crippen LogP contribution in [0.5, 0.6) is 0 Å². The quantitative estimate of drug-likeness (QED) is 0.567. The van der Waals surface area contributed by atoms with E-state index in [0.717, 1.165) is 0 Å². The smallest absolute Gasteiger partial charge is 0.198 e. The van der Waals surface area contributed by atoms with Crippen molar-refractivity contribution in [3.05, 3.63) is 98.9 Å². The molecular weight excluding hydrogens is 280 g/mol. The van der Waals surface area contributed by atoms with Crippen molar-refractivity contribution in [1.29, 1.82) is 0 Å². The van der Waals surface area contributed by atoms with Crippen LogP contribution in [0.25, 0.3) is 10.8 Å². The Kier molecular flexibility index (Phi) is 2.51. The maximum absolute atomic E-state index is 12.6. The molecule has 0 N–H and O–H groups in total. The number of benzene rings is 1. The Balaban J connectivity index is 2.49. The summed E-state index contributed by atoms with van der Waals surface area (Å²) >= 11 is 0. The lowest BCUT2D eigenvalue weighted by Crippen LogP contribution is -2.34. The first kappa shape index (κ1) is 12.8. The Bertz CT molecular complexity index is 1140. The average molecular weight is 290 g/mol. The topological polar surface area (TPSA) is 68.3 Å². The van der Waals surface area contributed by atoms with Gasteiger partial charge < -0.3 is 0 Å². The first-order chi connectivity index (χ1) is 10.6. The van der Waals surface area contributed by atoms with Gasteiger partial charge in [0.1, 0.15) is 0 Å². The minimum absolute atomic E-state index is 0.197. The maximum atomic E-state index is 12.6. The van der Waals surface area contributed by atoms with Crippen molar-refractivity contribution in [3.63, 3.8) is 0 Å². The molecule has 1 aromatic rings. The minimum Gasteiger partial charge on any atom is -0.289 e. The van der Waals surface area contributed by atoms with Gasteiger partial charge in [-0.15, -0.1) is 0 Å². The standard InChI is InChI=1S/C18H10O4/c19-15-9-5-1-2-6-10(9)16(20)14-13(15)17(21)11-7-3-4-8-12(11)18(14)22/h1-6H,7-8H2. The number of allylic oxidation sites excluding steroid dienone is 2. The molecule has 106 valence electrons. The highest BCUT2D eigenvalue weighted by atomic mass is 16.1. The van der Waals surface area contributed by atoms with E-state index in [0.29, 0.717) is 24.0 Å². The van der Waals surface area contributed by atoms with Gasteiger partial charge in [0.2, 0.25) is 0 Å². The highest BCUT2D eigenvalue weighted by Crippen LogP contribution is 2.10. The Hall–Kier alpha value is -2.88. The van der Waals surface area contributed by atoms with Gasteiger partial charge >= 0.3 is 0 Å². The summed E-state index contributed by atoms with van der Waals surface area (Å²) in [6.45, 7) is 0. The van der Waals surface area contributed by atoms with Gasteiger partial charge in [-0.3, -0.25) is 19.2 Å². The fraction of sp³-hybridized carbons (Fsp3) is 0.111. The van der Waals surface area contributed by atoms with Crippen molar-refractivity contribution < 1.29 is 0 Å². The van der Waals surface area contributed by atoms with Crippen molar-refractivity contribution in [2.45, 2.75) is 12.8 Å². The molecule has 0 saturated heterocycles. The predicted octanol–water partition coefficient (Wildman–Crippen LogP) is 0.536. The van der Waals surface area contributed by atoms with Gasteiger partial charge in [-0.2, -0.15) is 0 Å². The van der Waals surface area contributed by atoms with Crippen LogP contribution in [-0.4, -0.2) is 0 Å². The fourth-order valence-corrected chi connectivity index (χ4v) is 3.22. The van der Waals surface area contributed by atoms with Crippen LogP contribution in [0.3, 0.4) is 0 Å². The molecule has 0 saturated carbocycles. The Labute approximate surface area is 123 Å². The molecule has 0 fully saturated rings. The Morgan fingerprint density at radius 2 is 1.00 bits per heavy atom. The second-order valence-electron chi connectivity index (χ2n) is 5.45. The summed E-state index contributed by atoms with van der Waals surface area (Å²) in [5.74, 6) is 0. The summed E-state index contributed by atoms with van der Waals surface area (Å²) in [6, 6.07) is 6.31. The second-order valence-corrected chi connectivity index (χ2v) is 5.45. The summed E-state index contributed by atoms with van der Waals surface area (Å²) in [6.07, 6.45) is 4.27. The van der Waals surface area contributed by atoms with Gasteiger partial charge in [0.15, 0.2) is 21.7 Å². The first-order valence-electron chi connectivity index (χ1n) is 7.00. The molecule has 0 heterocycles. The van der Waals surface area contributed by atoms with Gasteiger partial charge in [-0.1, -0.05) is 36.4 Å². The zero-order chi connectivity index (χ0) is 15.4. The minimum atomic E-state index is -0.523. The zero-order valence-corrected chi connectivity index (χ0v) is 11.5. The van der Waals surface area contributed by atoms with Crippen LogP contribution in [0.4, 0.5) is 0 Å². The molecule has 4 nitrogen and oxygen atoms in total. The first-order valence-corrected chi connectivity index (χ1v) is 7.00. The van der Waals surface area contributed by atoms with Crippen molar-refractivity contribution in [3.8, 4) is 0 Å². The molecule has 0 amide bonds. The summed E-state index contributed by atoms with van der Waals surface area (Å²) < 4.78 is 0. The number of hydrogen-bond acceptors (Lipinski definition) is 4. The second kappa shape index (κ2) is 4.31. The molecule has 4 rings (SSSR count). The molecule has 0 atom stereocenters. The number of rotatable bonds is 0. The van der Waals surface area contributed by atoms with Crippen LogP contribution < -0.4 is 21.7 Å². The van der Waals surface area contributed by atoms with Gasteiger partial charge in [-0.25, -0.2) is 0 Å². The van der Waals surface area contributed by atoms with Crippen LogP contribution in [0.1, 0.15) is 11.1 Å². The molecule has 0 bridgehead atoms. The molecule has 22 heavy (non-hydrogen) atoms. The highest BCUT2D eigenvalue weighted by Gasteiger charge is 2.20. The van der Waals surface area contributed by atoms with E-state index in [2.05, 4.69) is 0 Å².